The van der Waals surface area contributed by atoms with Crippen LogP contribution in [0.3, 0.4) is 0 Å². The third-order valence-electron chi connectivity index (χ3n) is 3.48. The smallest absolute Gasteiger partial charge is 0.145 e. The Morgan fingerprint density at radius 2 is 2.00 bits per heavy atom. The van der Waals surface area contributed by atoms with E-state index in [9.17, 15) is 12.8 Å². The number of nitrogens with zero attached hydrogens (tertiary/aromatic N) is 3. The summed E-state index contributed by atoms with van der Waals surface area (Å²) in [5, 5.41) is 0. The normalized spacial score (nSPS) is 11.1. The molecule has 3 aromatic rings. The third-order valence-corrected chi connectivity index (χ3v) is 4.07. The Labute approximate surface area is 134 Å². The van der Waals surface area contributed by atoms with Crippen LogP contribution in [0.15, 0.2) is 49.1 Å². The van der Waals surface area contributed by atoms with Crippen LogP contribution in [-0.4, -0.2) is 23.0 Å². The molecule has 0 aliphatic heterocycles. The maximum atomic E-state index is 13.8. The molecule has 0 aliphatic rings. The fourth-order valence-electron chi connectivity index (χ4n) is 2.25. The van der Waals surface area contributed by atoms with Crippen LogP contribution in [0, 0.1) is 12.7 Å². The molecule has 7 heteroatoms. The zero-order valence-electron chi connectivity index (χ0n) is 12.3. The minimum Gasteiger partial charge on any atom is -0.297 e. The number of rotatable bonds is 4. The van der Waals surface area contributed by atoms with Gasteiger partial charge in [-0.3, -0.25) is 9.55 Å². The molecule has 2 heterocycles. The first-order valence-corrected chi connectivity index (χ1v) is 8.27. The standard InChI is InChI=1S/C16H14FN3O2S/c1-11-2-3-12(6-15(11)17)16-8-18-10-20(16)14-5-4-13(19-7-14)9-23(21)22/h2-8,10,23H,9H2,1H3. The highest BCUT2D eigenvalue weighted by atomic mass is 32.2. The van der Waals surface area contributed by atoms with E-state index in [4.69, 9.17) is 0 Å². The van der Waals surface area contributed by atoms with E-state index in [1.807, 2.05) is 6.07 Å². The molecular weight excluding hydrogens is 317 g/mol. The highest BCUT2D eigenvalue weighted by Gasteiger charge is 2.09. The van der Waals surface area contributed by atoms with Gasteiger partial charge < -0.3 is 0 Å². The van der Waals surface area contributed by atoms with Crippen LogP contribution in [0.1, 0.15) is 11.3 Å². The molecular formula is C16H14FN3O2S. The van der Waals surface area contributed by atoms with Gasteiger partial charge in [-0.1, -0.05) is 12.1 Å². The Morgan fingerprint density at radius 3 is 2.65 bits per heavy atom. The Balaban J connectivity index is 1.98. The summed E-state index contributed by atoms with van der Waals surface area (Å²) in [6.45, 7) is 1.71. The predicted octanol–water partition coefficient (Wildman–Crippen LogP) is 2.49. The van der Waals surface area contributed by atoms with Gasteiger partial charge in [-0.05, 0) is 30.7 Å². The fraction of sp³-hybridized carbons (Fsp3) is 0.125. The highest BCUT2D eigenvalue weighted by molar-refractivity contribution is 7.71. The van der Waals surface area contributed by atoms with Crippen molar-refractivity contribution in [2.45, 2.75) is 12.7 Å². The molecule has 2 aromatic heterocycles. The lowest BCUT2D eigenvalue weighted by atomic mass is 10.1. The number of hydrogen-bond acceptors (Lipinski definition) is 4. The van der Waals surface area contributed by atoms with Crippen molar-refractivity contribution in [2.75, 3.05) is 0 Å². The average molecular weight is 331 g/mol. The van der Waals surface area contributed by atoms with Gasteiger partial charge in [-0.15, -0.1) is 0 Å². The molecule has 0 bridgehead atoms. The van der Waals surface area contributed by atoms with E-state index in [1.54, 1.807) is 48.4 Å². The number of imidazole rings is 1. The van der Waals surface area contributed by atoms with Gasteiger partial charge in [0.2, 0.25) is 0 Å². The maximum Gasteiger partial charge on any atom is 0.145 e. The number of pyridine rings is 1. The van der Waals surface area contributed by atoms with Crippen molar-refractivity contribution in [3.05, 3.63) is 66.1 Å². The molecule has 23 heavy (non-hydrogen) atoms. The second-order valence-electron chi connectivity index (χ2n) is 5.11. The SMILES string of the molecule is Cc1ccc(-c2cncn2-c2ccc(C[SH](=O)=O)nc2)cc1F. The topological polar surface area (TPSA) is 64.8 Å². The molecule has 0 amide bonds. The molecule has 0 radical (unpaired) electrons. The first kappa shape index (κ1) is 15.4. The van der Waals surface area contributed by atoms with Crippen LogP contribution in [-0.2, 0) is 16.5 Å². The molecule has 0 saturated carbocycles. The van der Waals surface area contributed by atoms with Crippen molar-refractivity contribution in [2.24, 2.45) is 0 Å². The zero-order chi connectivity index (χ0) is 16.4. The summed E-state index contributed by atoms with van der Waals surface area (Å²) in [5.41, 5.74) is 3.22. The van der Waals surface area contributed by atoms with Gasteiger partial charge in [0.25, 0.3) is 0 Å². The van der Waals surface area contributed by atoms with Crippen LogP contribution in [0.4, 0.5) is 4.39 Å². The van der Waals surface area contributed by atoms with Gasteiger partial charge in [0.15, 0.2) is 0 Å². The van der Waals surface area contributed by atoms with Crippen molar-refractivity contribution in [3.8, 4) is 16.9 Å². The van der Waals surface area contributed by atoms with Crippen LogP contribution >= 0.6 is 0 Å². The summed E-state index contributed by atoms with van der Waals surface area (Å²) in [7, 11) is -2.50. The monoisotopic (exact) mass is 331 g/mol. The van der Waals surface area contributed by atoms with Gasteiger partial charge in [0, 0.05) is 5.56 Å². The molecule has 0 aliphatic carbocycles. The van der Waals surface area contributed by atoms with Crippen LogP contribution in [0.2, 0.25) is 0 Å². The Morgan fingerprint density at radius 1 is 1.17 bits per heavy atom. The molecule has 5 nitrogen and oxygen atoms in total. The number of aryl methyl sites for hydroxylation is 1. The van der Waals surface area contributed by atoms with E-state index < -0.39 is 10.7 Å². The van der Waals surface area contributed by atoms with Crippen molar-refractivity contribution < 1.29 is 12.8 Å². The zero-order valence-corrected chi connectivity index (χ0v) is 13.2. The van der Waals surface area contributed by atoms with E-state index >= 15 is 0 Å². The molecule has 0 fully saturated rings. The molecule has 0 saturated heterocycles. The fourth-order valence-corrected chi connectivity index (χ4v) is 2.70. The highest BCUT2D eigenvalue weighted by Crippen LogP contribution is 2.24. The van der Waals surface area contributed by atoms with Crippen LogP contribution in [0.25, 0.3) is 16.9 Å². The summed E-state index contributed by atoms with van der Waals surface area (Å²) >= 11 is 0. The summed E-state index contributed by atoms with van der Waals surface area (Å²) in [5.74, 6) is -0.363. The van der Waals surface area contributed by atoms with Gasteiger partial charge in [-0.25, -0.2) is 17.8 Å². The Hall–Kier alpha value is -2.54. The molecule has 0 atom stereocenters. The second-order valence-corrected chi connectivity index (χ2v) is 6.09. The van der Waals surface area contributed by atoms with E-state index in [0.717, 1.165) is 11.4 Å². The molecule has 1 aromatic carbocycles. The van der Waals surface area contributed by atoms with E-state index in [1.165, 1.54) is 6.07 Å². The number of benzene rings is 1. The summed E-state index contributed by atoms with van der Waals surface area (Å²) in [6, 6.07) is 8.42. The first-order chi connectivity index (χ1) is 11.0. The minimum absolute atomic E-state index is 0.0877. The van der Waals surface area contributed by atoms with Crippen LogP contribution in [0.5, 0.6) is 0 Å². The molecule has 0 unspecified atom stereocenters. The summed E-state index contributed by atoms with van der Waals surface area (Å²) < 4.78 is 37.0. The molecule has 0 spiro atoms. The van der Waals surface area contributed by atoms with Gasteiger partial charge in [0.05, 0.1) is 41.5 Å². The number of hydrogen-bond donors (Lipinski definition) is 1. The molecule has 118 valence electrons. The quantitative estimate of drug-likeness (QED) is 0.746. The Bertz CT molecular complexity index is 909. The first-order valence-electron chi connectivity index (χ1n) is 6.90. The number of thiol groups is 1. The Kier molecular flexibility index (Phi) is 4.20. The average Bonchev–Trinajstić information content (AvgIpc) is 3.00. The van der Waals surface area contributed by atoms with E-state index in [2.05, 4.69) is 9.97 Å². The van der Waals surface area contributed by atoms with Gasteiger partial charge in [-0.2, -0.15) is 0 Å². The van der Waals surface area contributed by atoms with E-state index in [0.29, 0.717) is 16.8 Å². The number of halogens is 1. The lowest BCUT2D eigenvalue weighted by molar-refractivity contribution is 0.613. The summed E-state index contributed by atoms with van der Waals surface area (Å²) in [6.07, 6.45) is 4.83. The maximum absolute atomic E-state index is 13.8. The van der Waals surface area contributed by atoms with Crippen molar-refractivity contribution >= 4 is 10.7 Å². The largest absolute Gasteiger partial charge is 0.297 e. The second kappa shape index (κ2) is 6.29. The van der Waals surface area contributed by atoms with Crippen molar-refractivity contribution in [3.63, 3.8) is 0 Å². The third kappa shape index (κ3) is 3.29. The van der Waals surface area contributed by atoms with Gasteiger partial charge >= 0.3 is 0 Å². The van der Waals surface area contributed by atoms with Crippen molar-refractivity contribution in [1.29, 1.82) is 0 Å². The van der Waals surface area contributed by atoms with Crippen LogP contribution < -0.4 is 0 Å². The number of aromatic nitrogens is 3. The molecule has 0 N–H and O–H groups in total. The van der Waals surface area contributed by atoms with Gasteiger partial charge in [0.1, 0.15) is 16.5 Å². The van der Waals surface area contributed by atoms with E-state index in [-0.39, 0.29) is 11.6 Å². The minimum atomic E-state index is -2.50. The lowest BCUT2D eigenvalue weighted by Crippen LogP contribution is -1.98. The van der Waals surface area contributed by atoms with Crippen molar-refractivity contribution in [1.82, 2.24) is 14.5 Å². The predicted molar refractivity (Wildman–Crippen MR) is 85.5 cm³/mol. The lowest BCUT2D eigenvalue weighted by Gasteiger charge is -2.09. The summed E-state index contributed by atoms with van der Waals surface area (Å²) in [4.78, 5) is 8.25. The molecule has 3 rings (SSSR count).